The zero-order valence-corrected chi connectivity index (χ0v) is 19.3. The Morgan fingerprint density at radius 2 is 1.91 bits per heavy atom. The topological polar surface area (TPSA) is 71.7 Å². The first kappa shape index (κ1) is 22.6. The summed E-state index contributed by atoms with van der Waals surface area (Å²) in [5, 5.41) is 0. The third-order valence-electron chi connectivity index (χ3n) is 5.61. The maximum Gasteiger partial charge on any atom is 0.251 e. The van der Waals surface area contributed by atoms with E-state index in [2.05, 4.69) is 17.6 Å². The normalized spacial score (nSPS) is 16.5. The lowest BCUT2D eigenvalue weighted by Gasteiger charge is -2.29. The van der Waals surface area contributed by atoms with Crippen LogP contribution in [0.4, 0.5) is 4.39 Å². The Morgan fingerprint density at radius 3 is 2.56 bits per heavy atom. The van der Waals surface area contributed by atoms with Gasteiger partial charge in [-0.1, -0.05) is 23.5 Å². The number of nitrogens with zero attached hydrogens (tertiary/aromatic N) is 3. The number of benzene rings is 2. The van der Waals surface area contributed by atoms with Gasteiger partial charge < -0.3 is 4.57 Å². The van der Waals surface area contributed by atoms with E-state index in [-0.39, 0.29) is 29.8 Å². The molecule has 4 rings (SSSR count). The van der Waals surface area contributed by atoms with Crippen LogP contribution in [0.25, 0.3) is 10.2 Å². The summed E-state index contributed by atoms with van der Waals surface area (Å²) in [6.45, 7) is 6.82. The van der Waals surface area contributed by atoms with Crippen molar-refractivity contribution in [2.45, 2.75) is 31.2 Å². The third-order valence-corrected chi connectivity index (χ3v) is 8.56. The predicted molar refractivity (Wildman–Crippen MR) is 123 cm³/mol. The van der Waals surface area contributed by atoms with Gasteiger partial charge in [0.05, 0.1) is 15.1 Å². The SMILES string of the molecule is C=CCn1c(=NC(=O)C2CCN(S(=O)(=O)c3ccc(F)cc3)CC2)sc2cc(C)ccc21. The van der Waals surface area contributed by atoms with Crippen LogP contribution in [0.1, 0.15) is 18.4 Å². The molecule has 0 atom stereocenters. The van der Waals surface area contributed by atoms with Crippen LogP contribution in [0.2, 0.25) is 0 Å². The highest BCUT2D eigenvalue weighted by Gasteiger charge is 2.32. The van der Waals surface area contributed by atoms with Crippen molar-refractivity contribution in [1.82, 2.24) is 8.87 Å². The Morgan fingerprint density at radius 1 is 1.22 bits per heavy atom. The molecule has 168 valence electrons. The molecule has 0 bridgehead atoms. The van der Waals surface area contributed by atoms with Crippen LogP contribution in [0, 0.1) is 18.7 Å². The molecule has 0 saturated carbocycles. The first-order valence-corrected chi connectivity index (χ1v) is 12.6. The second-order valence-corrected chi connectivity index (χ2v) is 10.8. The van der Waals surface area contributed by atoms with Gasteiger partial charge in [0, 0.05) is 25.6 Å². The minimum atomic E-state index is -3.71. The van der Waals surface area contributed by atoms with Crippen molar-refractivity contribution < 1.29 is 17.6 Å². The monoisotopic (exact) mass is 473 g/mol. The fourth-order valence-electron chi connectivity index (χ4n) is 3.86. The maximum absolute atomic E-state index is 13.1. The number of sulfonamides is 1. The van der Waals surface area contributed by atoms with Gasteiger partial charge in [-0.15, -0.1) is 6.58 Å². The Labute approximate surface area is 190 Å². The van der Waals surface area contributed by atoms with E-state index in [1.807, 2.05) is 23.6 Å². The van der Waals surface area contributed by atoms with Gasteiger partial charge in [-0.2, -0.15) is 9.30 Å². The van der Waals surface area contributed by atoms with Crippen LogP contribution in [-0.4, -0.2) is 36.3 Å². The molecule has 32 heavy (non-hydrogen) atoms. The van der Waals surface area contributed by atoms with Crippen LogP contribution in [0.3, 0.4) is 0 Å². The molecule has 1 aliphatic heterocycles. The molecule has 1 aromatic heterocycles. The number of thiazole rings is 1. The Hall–Kier alpha value is -2.62. The summed E-state index contributed by atoms with van der Waals surface area (Å²) < 4.78 is 43.1. The molecule has 0 N–H and O–H groups in total. The van der Waals surface area contributed by atoms with Crippen molar-refractivity contribution in [3.8, 4) is 0 Å². The van der Waals surface area contributed by atoms with Crippen molar-refractivity contribution in [3.05, 3.63) is 71.3 Å². The number of halogens is 1. The molecule has 0 radical (unpaired) electrons. The summed E-state index contributed by atoms with van der Waals surface area (Å²) in [7, 11) is -3.71. The van der Waals surface area contributed by atoms with Crippen molar-refractivity contribution in [1.29, 1.82) is 0 Å². The molecular weight excluding hydrogens is 449 g/mol. The molecule has 2 aromatic carbocycles. The number of hydrogen-bond acceptors (Lipinski definition) is 4. The average molecular weight is 474 g/mol. The molecular formula is C23H24FN3O3S2. The molecule has 1 aliphatic rings. The van der Waals surface area contributed by atoms with E-state index < -0.39 is 15.8 Å². The van der Waals surface area contributed by atoms with E-state index in [0.29, 0.717) is 24.2 Å². The highest BCUT2D eigenvalue weighted by atomic mass is 32.2. The van der Waals surface area contributed by atoms with Gasteiger partial charge >= 0.3 is 0 Å². The second-order valence-electron chi connectivity index (χ2n) is 7.84. The molecule has 3 aromatic rings. The van der Waals surface area contributed by atoms with Crippen LogP contribution < -0.4 is 4.80 Å². The van der Waals surface area contributed by atoms with E-state index in [1.165, 1.54) is 27.8 Å². The highest BCUT2D eigenvalue weighted by Crippen LogP contribution is 2.25. The highest BCUT2D eigenvalue weighted by molar-refractivity contribution is 7.89. The van der Waals surface area contributed by atoms with Gasteiger partial charge in [-0.3, -0.25) is 4.79 Å². The zero-order chi connectivity index (χ0) is 22.9. The largest absolute Gasteiger partial charge is 0.313 e. The van der Waals surface area contributed by atoms with E-state index in [1.54, 1.807) is 6.08 Å². The molecule has 0 spiro atoms. The van der Waals surface area contributed by atoms with Gasteiger partial charge in [0.15, 0.2) is 4.80 Å². The summed E-state index contributed by atoms with van der Waals surface area (Å²) in [5.41, 5.74) is 2.14. The average Bonchev–Trinajstić information content (AvgIpc) is 3.10. The van der Waals surface area contributed by atoms with E-state index in [4.69, 9.17) is 0 Å². The quantitative estimate of drug-likeness (QED) is 0.528. The van der Waals surface area contributed by atoms with Crippen molar-refractivity contribution >= 4 is 37.5 Å². The number of fused-ring (bicyclic) bond motifs is 1. The Kier molecular flexibility index (Phi) is 6.41. The standard InChI is InChI=1S/C23H24FN3O3S2/c1-3-12-27-20-9-4-16(2)15-21(20)31-23(27)25-22(28)17-10-13-26(14-11-17)32(29,30)19-7-5-18(24)6-8-19/h3-9,15,17H,1,10-14H2,2H3. The molecule has 1 saturated heterocycles. The molecule has 9 heteroatoms. The minimum Gasteiger partial charge on any atom is -0.313 e. The lowest BCUT2D eigenvalue weighted by Crippen LogP contribution is -2.40. The van der Waals surface area contributed by atoms with Crippen molar-refractivity contribution in [2.75, 3.05) is 13.1 Å². The first-order valence-electron chi connectivity index (χ1n) is 10.3. The number of amides is 1. The van der Waals surface area contributed by atoms with Gasteiger partial charge in [0.25, 0.3) is 5.91 Å². The minimum absolute atomic E-state index is 0.0550. The fraction of sp³-hybridized carbons (Fsp3) is 0.304. The van der Waals surface area contributed by atoms with Crippen LogP contribution in [0.5, 0.6) is 0 Å². The zero-order valence-electron chi connectivity index (χ0n) is 17.7. The molecule has 6 nitrogen and oxygen atoms in total. The molecule has 0 unspecified atom stereocenters. The van der Waals surface area contributed by atoms with Gasteiger partial charge in [-0.05, 0) is 61.7 Å². The van der Waals surface area contributed by atoms with Gasteiger partial charge in [-0.25, -0.2) is 12.8 Å². The van der Waals surface area contributed by atoms with Gasteiger partial charge in [0.2, 0.25) is 10.0 Å². The summed E-state index contributed by atoms with van der Waals surface area (Å²) in [5.74, 6) is -1.05. The molecule has 0 aliphatic carbocycles. The lowest BCUT2D eigenvalue weighted by atomic mass is 9.98. The van der Waals surface area contributed by atoms with Crippen LogP contribution >= 0.6 is 11.3 Å². The van der Waals surface area contributed by atoms with E-state index >= 15 is 0 Å². The number of allylic oxidation sites excluding steroid dienone is 1. The molecule has 2 heterocycles. The lowest BCUT2D eigenvalue weighted by molar-refractivity contribution is -0.122. The van der Waals surface area contributed by atoms with Crippen LogP contribution in [-0.2, 0) is 21.4 Å². The summed E-state index contributed by atoms with van der Waals surface area (Å²) in [6, 6.07) is 10.9. The Bertz CT molecular complexity index is 1330. The third kappa shape index (κ3) is 4.46. The van der Waals surface area contributed by atoms with Crippen molar-refractivity contribution in [3.63, 3.8) is 0 Å². The summed E-state index contributed by atoms with van der Waals surface area (Å²) in [4.78, 5) is 18.0. The smallest absolute Gasteiger partial charge is 0.251 e. The number of carbonyl (C=O) groups excluding carboxylic acids is 1. The second kappa shape index (κ2) is 9.09. The van der Waals surface area contributed by atoms with Crippen molar-refractivity contribution in [2.24, 2.45) is 10.9 Å². The van der Waals surface area contributed by atoms with Crippen LogP contribution in [0.15, 0.2) is 65.0 Å². The first-order chi connectivity index (χ1) is 15.3. The predicted octanol–water partition coefficient (Wildman–Crippen LogP) is 3.86. The van der Waals surface area contributed by atoms with E-state index in [0.717, 1.165) is 27.9 Å². The Balaban J connectivity index is 1.53. The van der Waals surface area contributed by atoms with Gasteiger partial charge in [0.1, 0.15) is 5.82 Å². The fourth-order valence-corrected chi connectivity index (χ4v) is 6.47. The molecule has 1 fully saturated rings. The number of hydrogen-bond donors (Lipinski definition) is 0. The molecule has 1 amide bonds. The number of carbonyl (C=O) groups is 1. The van der Waals surface area contributed by atoms with E-state index in [9.17, 15) is 17.6 Å². The number of aryl methyl sites for hydroxylation is 1. The maximum atomic E-state index is 13.1. The number of rotatable bonds is 5. The number of aromatic nitrogens is 1. The summed E-state index contributed by atoms with van der Waals surface area (Å²) >= 11 is 1.46. The summed E-state index contributed by atoms with van der Waals surface area (Å²) in [6.07, 6.45) is 2.57. The number of piperidine rings is 1.